The molecule has 1 saturated carbocycles. The van der Waals surface area contributed by atoms with Gasteiger partial charge in [0.2, 0.25) is 5.89 Å². The van der Waals surface area contributed by atoms with Gasteiger partial charge >= 0.3 is 0 Å². The molecule has 2 heterocycles. The maximum Gasteiger partial charge on any atom is 0.263 e. The molecule has 1 atom stereocenters. The first-order valence-electron chi connectivity index (χ1n) is 7.31. The number of hydrogen-bond acceptors (Lipinski definition) is 6. The van der Waals surface area contributed by atoms with Crippen LogP contribution in [0.4, 0.5) is 0 Å². The maximum atomic E-state index is 12.2. The second kappa shape index (κ2) is 5.70. The van der Waals surface area contributed by atoms with Crippen LogP contribution in [-0.4, -0.2) is 26.0 Å². The van der Waals surface area contributed by atoms with E-state index in [-0.39, 0.29) is 5.56 Å². The molecule has 1 aliphatic rings. The molecule has 2 aromatic rings. The molecule has 2 N–H and O–H groups in total. The van der Waals surface area contributed by atoms with Crippen LogP contribution >= 0.6 is 0 Å². The molecule has 0 spiro atoms. The monoisotopic (exact) mass is 303 g/mol. The van der Waals surface area contributed by atoms with E-state index in [0.29, 0.717) is 29.9 Å². The molecule has 0 saturated heterocycles. The summed E-state index contributed by atoms with van der Waals surface area (Å²) in [7, 11) is 0. The predicted molar refractivity (Wildman–Crippen MR) is 76.4 cm³/mol. The van der Waals surface area contributed by atoms with Crippen molar-refractivity contribution in [3.63, 3.8) is 0 Å². The van der Waals surface area contributed by atoms with Gasteiger partial charge in [-0.25, -0.2) is 4.98 Å². The Hall–Kier alpha value is -2.51. The van der Waals surface area contributed by atoms with Crippen LogP contribution in [0.3, 0.4) is 0 Å². The average Bonchev–Trinajstić information content (AvgIpc) is 3.24. The first-order chi connectivity index (χ1) is 10.6. The van der Waals surface area contributed by atoms with Crippen LogP contribution < -0.4 is 10.9 Å². The minimum absolute atomic E-state index is 0.0218. The molecule has 2 aromatic heterocycles. The molecule has 0 aliphatic heterocycles. The highest BCUT2D eigenvalue weighted by atomic mass is 16.5. The Labute approximate surface area is 126 Å². The molecule has 0 radical (unpaired) electrons. The van der Waals surface area contributed by atoms with Crippen LogP contribution in [0, 0.1) is 0 Å². The Bertz CT molecular complexity index is 747. The quantitative estimate of drug-likeness (QED) is 0.854. The fourth-order valence-electron chi connectivity index (χ4n) is 2.06. The lowest BCUT2D eigenvalue weighted by Crippen LogP contribution is -2.32. The molecule has 8 nitrogen and oxygen atoms in total. The van der Waals surface area contributed by atoms with Gasteiger partial charge in [-0.3, -0.25) is 9.59 Å². The molecule has 116 valence electrons. The number of aryl methyl sites for hydroxylation is 1. The third-order valence-corrected chi connectivity index (χ3v) is 3.55. The SMILES string of the molecule is CCc1noc([C@@H](C)NC(=O)c2cnc(C3CC3)[nH]c2=O)n1. The largest absolute Gasteiger partial charge is 0.340 e. The first-order valence-corrected chi connectivity index (χ1v) is 7.31. The average molecular weight is 303 g/mol. The number of nitrogens with one attached hydrogen (secondary N) is 2. The summed E-state index contributed by atoms with van der Waals surface area (Å²) < 4.78 is 5.07. The van der Waals surface area contributed by atoms with Gasteiger partial charge in [-0.1, -0.05) is 12.1 Å². The Balaban J connectivity index is 1.72. The molecule has 1 aliphatic carbocycles. The Morgan fingerprint density at radius 1 is 1.55 bits per heavy atom. The van der Waals surface area contributed by atoms with Crippen molar-refractivity contribution in [2.75, 3.05) is 0 Å². The van der Waals surface area contributed by atoms with Gasteiger partial charge in [-0.2, -0.15) is 4.98 Å². The summed E-state index contributed by atoms with van der Waals surface area (Å²) in [5.41, 5.74) is -0.451. The van der Waals surface area contributed by atoms with Crippen LogP contribution in [-0.2, 0) is 6.42 Å². The Morgan fingerprint density at radius 2 is 2.32 bits per heavy atom. The van der Waals surface area contributed by atoms with Gasteiger partial charge in [0.05, 0.1) is 0 Å². The zero-order valence-electron chi connectivity index (χ0n) is 12.4. The van der Waals surface area contributed by atoms with Crippen molar-refractivity contribution < 1.29 is 9.32 Å². The predicted octanol–water partition coefficient (Wildman–Crippen LogP) is 1.08. The standard InChI is InChI=1S/C14H17N5O3/c1-3-10-17-14(22-19-10)7(2)16-12(20)9-6-15-11(8-4-5-8)18-13(9)21/h6-8H,3-5H2,1-2H3,(H,16,20)(H,15,18,21)/t7-/m1/s1. The van der Waals surface area contributed by atoms with Crippen molar-refractivity contribution in [1.29, 1.82) is 0 Å². The molecule has 8 heteroatoms. The third-order valence-electron chi connectivity index (χ3n) is 3.55. The van der Waals surface area contributed by atoms with E-state index in [2.05, 4.69) is 25.4 Å². The topological polar surface area (TPSA) is 114 Å². The zero-order valence-corrected chi connectivity index (χ0v) is 12.4. The van der Waals surface area contributed by atoms with Gasteiger partial charge in [0.1, 0.15) is 17.4 Å². The number of carbonyl (C=O) groups is 1. The van der Waals surface area contributed by atoms with E-state index in [1.807, 2.05) is 6.92 Å². The van der Waals surface area contributed by atoms with Gasteiger partial charge in [-0.15, -0.1) is 0 Å². The summed E-state index contributed by atoms with van der Waals surface area (Å²) in [5, 5.41) is 6.43. The summed E-state index contributed by atoms with van der Waals surface area (Å²) >= 11 is 0. The highest BCUT2D eigenvalue weighted by molar-refractivity contribution is 5.93. The molecular formula is C14H17N5O3. The van der Waals surface area contributed by atoms with Gasteiger partial charge in [-0.05, 0) is 19.8 Å². The number of rotatable bonds is 5. The molecule has 0 unspecified atom stereocenters. The minimum atomic E-state index is -0.514. The van der Waals surface area contributed by atoms with Crippen LogP contribution in [0.5, 0.6) is 0 Å². The molecule has 1 fully saturated rings. The van der Waals surface area contributed by atoms with Crippen molar-refractivity contribution in [2.24, 2.45) is 0 Å². The van der Waals surface area contributed by atoms with E-state index < -0.39 is 17.5 Å². The van der Waals surface area contributed by atoms with Crippen molar-refractivity contribution >= 4 is 5.91 Å². The van der Waals surface area contributed by atoms with Gasteiger partial charge in [0, 0.05) is 18.5 Å². The van der Waals surface area contributed by atoms with Crippen molar-refractivity contribution in [3.05, 3.63) is 39.7 Å². The number of amides is 1. The summed E-state index contributed by atoms with van der Waals surface area (Å²) in [6.45, 7) is 3.62. The molecule has 22 heavy (non-hydrogen) atoms. The molecule has 0 bridgehead atoms. The van der Waals surface area contributed by atoms with E-state index in [4.69, 9.17) is 4.52 Å². The number of carbonyl (C=O) groups excluding carboxylic acids is 1. The van der Waals surface area contributed by atoms with E-state index in [1.165, 1.54) is 6.20 Å². The summed E-state index contributed by atoms with van der Waals surface area (Å²) in [5.74, 6) is 1.35. The highest BCUT2D eigenvalue weighted by Crippen LogP contribution is 2.37. The second-order valence-corrected chi connectivity index (χ2v) is 5.38. The van der Waals surface area contributed by atoms with Gasteiger partial charge in [0.25, 0.3) is 11.5 Å². The minimum Gasteiger partial charge on any atom is -0.340 e. The molecule has 1 amide bonds. The van der Waals surface area contributed by atoms with Crippen molar-refractivity contribution in [2.45, 2.75) is 45.1 Å². The fourth-order valence-corrected chi connectivity index (χ4v) is 2.06. The maximum absolute atomic E-state index is 12.2. The first kappa shape index (κ1) is 14.4. The van der Waals surface area contributed by atoms with Crippen LogP contribution in [0.1, 0.15) is 66.5 Å². The number of hydrogen-bond donors (Lipinski definition) is 2. The highest BCUT2D eigenvalue weighted by Gasteiger charge is 2.27. The third kappa shape index (κ3) is 2.90. The van der Waals surface area contributed by atoms with Gasteiger partial charge < -0.3 is 14.8 Å². The van der Waals surface area contributed by atoms with Crippen LogP contribution in [0.25, 0.3) is 0 Å². The number of nitrogens with zero attached hydrogens (tertiary/aromatic N) is 3. The summed E-state index contributed by atoms with van der Waals surface area (Å²) in [6.07, 6.45) is 4.03. The normalized spacial score (nSPS) is 15.5. The zero-order chi connectivity index (χ0) is 15.7. The smallest absolute Gasteiger partial charge is 0.263 e. The van der Waals surface area contributed by atoms with E-state index in [0.717, 1.165) is 12.8 Å². The summed E-state index contributed by atoms with van der Waals surface area (Å²) in [6, 6.07) is -0.484. The lowest BCUT2D eigenvalue weighted by Gasteiger charge is -2.09. The number of aromatic amines is 1. The van der Waals surface area contributed by atoms with E-state index >= 15 is 0 Å². The molecular weight excluding hydrogens is 286 g/mol. The number of H-pyrrole nitrogens is 1. The van der Waals surface area contributed by atoms with Crippen LogP contribution in [0.2, 0.25) is 0 Å². The number of aromatic nitrogens is 4. The lowest BCUT2D eigenvalue weighted by atomic mass is 10.2. The van der Waals surface area contributed by atoms with Crippen LogP contribution in [0.15, 0.2) is 15.5 Å². The van der Waals surface area contributed by atoms with E-state index in [1.54, 1.807) is 6.92 Å². The van der Waals surface area contributed by atoms with E-state index in [9.17, 15) is 9.59 Å². The molecule has 3 rings (SSSR count). The summed E-state index contributed by atoms with van der Waals surface area (Å²) in [4.78, 5) is 35.1. The second-order valence-electron chi connectivity index (χ2n) is 5.38. The Morgan fingerprint density at radius 3 is 2.91 bits per heavy atom. The van der Waals surface area contributed by atoms with Crippen molar-refractivity contribution in [3.8, 4) is 0 Å². The van der Waals surface area contributed by atoms with Crippen molar-refractivity contribution in [1.82, 2.24) is 25.4 Å². The Kier molecular flexibility index (Phi) is 3.74. The lowest BCUT2D eigenvalue weighted by molar-refractivity contribution is 0.0930. The molecule has 0 aromatic carbocycles. The van der Waals surface area contributed by atoms with Gasteiger partial charge in [0.15, 0.2) is 5.82 Å². The fraction of sp³-hybridized carbons (Fsp3) is 0.500.